The van der Waals surface area contributed by atoms with Gasteiger partial charge in [-0.2, -0.15) is 26.7 Å². The molecule has 0 fully saturated rings. The summed E-state index contributed by atoms with van der Waals surface area (Å²) in [6.45, 7) is 0.880. The molecule has 84 valence electrons. The van der Waals surface area contributed by atoms with Crippen LogP contribution in [-0.2, 0) is 0 Å². The van der Waals surface area contributed by atoms with Gasteiger partial charge in [0.1, 0.15) is 0 Å². The van der Waals surface area contributed by atoms with Crippen molar-refractivity contribution in [2.24, 2.45) is 0 Å². The minimum Gasteiger partial charge on any atom is -0.357 e. The summed E-state index contributed by atoms with van der Waals surface area (Å²) in [5.41, 5.74) is 0. The molecule has 0 spiro atoms. The summed E-state index contributed by atoms with van der Waals surface area (Å²) in [7, 11) is 3.68. The SMILES string of the molecule is CNc1nc(Cl)nc(N(C)CCSC)n1. The summed E-state index contributed by atoms with van der Waals surface area (Å²) in [6, 6.07) is 0. The topological polar surface area (TPSA) is 53.9 Å². The summed E-state index contributed by atoms with van der Waals surface area (Å²) < 4.78 is 0. The highest BCUT2D eigenvalue weighted by molar-refractivity contribution is 7.98. The molecular formula is C8H14ClN5S. The zero-order chi connectivity index (χ0) is 11.3. The number of halogens is 1. The predicted octanol–water partition coefficient (Wildman–Crippen LogP) is 1.37. The average Bonchev–Trinajstić information content (AvgIpc) is 2.24. The minimum absolute atomic E-state index is 0.209. The quantitative estimate of drug-likeness (QED) is 0.848. The van der Waals surface area contributed by atoms with Crippen molar-refractivity contribution >= 4 is 35.3 Å². The van der Waals surface area contributed by atoms with Gasteiger partial charge in [0.2, 0.25) is 17.2 Å². The third-order valence-corrected chi connectivity index (χ3v) is 2.55. The number of hydrogen-bond donors (Lipinski definition) is 1. The molecule has 7 heteroatoms. The Morgan fingerprint density at radius 2 is 2.13 bits per heavy atom. The fourth-order valence-corrected chi connectivity index (χ4v) is 1.56. The van der Waals surface area contributed by atoms with Crippen molar-refractivity contribution in [1.29, 1.82) is 0 Å². The number of hydrogen-bond acceptors (Lipinski definition) is 6. The fraction of sp³-hybridized carbons (Fsp3) is 0.625. The molecule has 0 saturated carbocycles. The molecule has 5 nitrogen and oxygen atoms in total. The van der Waals surface area contributed by atoms with Crippen LogP contribution in [0.5, 0.6) is 0 Å². The van der Waals surface area contributed by atoms with Gasteiger partial charge in [-0.15, -0.1) is 0 Å². The van der Waals surface area contributed by atoms with E-state index >= 15 is 0 Å². The van der Waals surface area contributed by atoms with Gasteiger partial charge in [-0.1, -0.05) is 0 Å². The summed E-state index contributed by atoms with van der Waals surface area (Å²) in [6.07, 6.45) is 2.06. The van der Waals surface area contributed by atoms with Crippen molar-refractivity contribution in [2.45, 2.75) is 0 Å². The Morgan fingerprint density at radius 3 is 2.73 bits per heavy atom. The number of thioether (sulfide) groups is 1. The molecular weight excluding hydrogens is 234 g/mol. The number of anilines is 2. The Balaban J connectivity index is 2.78. The lowest BCUT2D eigenvalue weighted by Crippen LogP contribution is -2.23. The lowest BCUT2D eigenvalue weighted by atomic mass is 10.6. The Bertz CT molecular complexity index is 322. The van der Waals surface area contributed by atoms with Crippen molar-refractivity contribution < 1.29 is 0 Å². The second kappa shape index (κ2) is 5.97. The van der Waals surface area contributed by atoms with Gasteiger partial charge in [0.05, 0.1) is 0 Å². The Labute approximate surface area is 98.7 Å². The lowest BCUT2D eigenvalue weighted by Gasteiger charge is -2.16. The van der Waals surface area contributed by atoms with Crippen LogP contribution in [0.4, 0.5) is 11.9 Å². The van der Waals surface area contributed by atoms with Crippen LogP contribution in [0.15, 0.2) is 0 Å². The zero-order valence-corrected chi connectivity index (χ0v) is 10.6. The first-order chi connectivity index (χ1) is 7.17. The van der Waals surface area contributed by atoms with Gasteiger partial charge in [-0.25, -0.2) is 0 Å². The number of nitrogens with zero attached hydrogens (tertiary/aromatic N) is 4. The van der Waals surface area contributed by atoms with Crippen molar-refractivity contribution in [3.8, 4) is 0 Å². The highest BCUT2D eigenvalue weighted by Gasteiger charge is 2.07. The van der Waals surface area contributed by atoms with Gasteiger partial charge in [0, 0.05) is 26.4 Å². The minimum atomic E-state index is 0.209. The molecule has 0 aliphatic rings. The Morgan fingerprint density at radius 1 is 1.40 bits per heavy atom. The van der Waals surface area contributed by atoms with Crippen LogP contribution in [0, 0.1) is 0 Å². The van der Waals surface area contributed by atoms with Crippen molar-refractivity contribution in [3.63, 3.8) is 0 Å². The molecule has 0 saturated heterocycles. The summed E-state index contributed by atoms with van der Waals surface area (Å²) in [5.74, 6) is 2.10. The summed E-state index contributed by atoms with van der Waals surface area (Å²) in [4.78, 5) is 14.1. The maximum Gasteiger partial charge on any atom is 0.231 e. The molecule has 0 aliphatic carbocycles. The van der Waals surface area contributed by atoms with Crippen LogP contribution in [0.3, 0.4) is 0 Å². The maximum atomic E-state index is 5.77. The average molecular weight is 248 g/mol. The molecule has 15 heavy (non-hydrogen) atoms. The van der Waals surface area contributed by atoms with E-state index in [0.29, 0.717) is 11.9 Å². The smallest absolute Gasteiger partial charge is 0.231 e. The molecule has 1 heterocycles. The third-order valence-electron chi connectivity index (χ3n) is 1.79. The van der Waals surface area contributed by atoms with E-state index in [1.165, 1.54) is 0 Å². The molecule has 1 rings (SSSR count). The molecule has 0 radical (unpaired) electrons. The normalized spacial score (nSPS) is 10.1. The first-order valence-electron chi connectivity index (χ1n) is 4.46. The highest BCUT2D eigenvalue weighted by Crippen LogP contribution is 2.12. The molecule has 0 aromatic carbocycles. The Kier molecular flexibility index (Phi) is 4.90. The van der Waals surface area contributed by atoms with Crippen LogP contribution >= 0.6 is 23.4 Å². The van der Waals surface area contributed by atoms with E-state index in [1.807, 2.05) is 11.9 Å². The molecule has 1 N–H and O–H groups in total. The zero-order valence-electron chi connectivity index (χ0n) is 8.99. The van der Waals surface area contributed by atoms with Gasteiger partial charge in [-0.3, -0.25) is 0 Å². The molecule has 1 aromatic rings. The second-order valence-corrected chi connectivity index (χ2v) is 4.22. The van der Waals surface area contributed by atoms with Gasteiger partial charge >= 0.3 is 0 Å². The molecule has 0 atom stereocenters. The van der Waals surface area contributed by atoms with E-state index in [2.05, 4.69) is 26.5 Å². The van der Waals surface area contributed by atoms with Crippen LogP contribution in [-0.4, -0.2) is 47.6 Å². The molecule has 0 unspecified atom stereocenters. The number of rotatable bonds is 5. The van der Waals surface area contributed by atoms with Crippen molar-refractivity contribution in [2.75, 3.05) is 42.9 Å². The van der Waals surface area contributed by atoms with Crippen LogP contribution in [0.1, 0.15) is 0 Å². The van der Waals surface area contributed by atoms with Crippen molar-refractivity contribution in [1.82, 2.24) is 15.0 Å². The highest BCUT2D eigenvalue weighted by atomic mass is 35.5. The summed E-state index contributed by atoms with van der Waals surface area (Å²) >= 11 is 7.55. The first-order valence-corrected chi connectivity index (χ1v) is 6.24. The molecule has 1 aromatic heterocycles. The predicted molar refractivity (Wildman–Crippen MR) is 66.0 cm³/mol. The molecule has 0 aliphatic heterocycles. The van der Waals surface area contributed by atoms with E-state index in [9.17, 15) is 0 Å². The maximum absolute atomic E-state index is 5.77. The van der Waals surface area contributed by atoms with E-state index in [-0.39, 0.29) is 5.28 Å². The van der Waals surface area contributed by atoms with Crippen LogP contribution in [0.2, 0.25) is 5.28 Å². The van der Waals surface area contributed by atoms with Crippen molar-refractivity contribution in [3.05, 3.63) is 5.28 Å². The van der Waals surface area contributed by atoms with E-state index < -0.39 is 0 Å². The van der Waals surface area contributed by atoms with Gasteiger partial charge in [0.15, 0.2) is 0 Å². The van der Waals surface area contributed by atoms with Crippen LogP contribution in [0.25, 0.3) is 0 Å². The van der Waals surface area contributed by atoms with Gasteiger partial charge < -0.3 is 10.2 Å². The van der Waals surface area contributed by atoms with Gasteiger partial charge in [0.25, 0.3) is 0 Å². The number of nitrogens with one attached hydrogen (secondary N) is 1. The third kappa shape index (κ3) is 3.71. The fourth-order valence-electron chi connectivity index (χ4n) is 0.950. The van der Waals surface area contributed by atoms with Crippen LogP contribution < -0.4 is 10.2 Å². The first kappa shape index (κ1) is 12.3. The second-order valence-electron chi connectivity index (χ2n) is 2.89. The Hall–Kier alpha value is -0.750. The standard InChI is InChI=1S/C8H14ClN5S/c1-10-7-11-6(9)12-8(13-7)14(2)4-5-15-3/h4-5H2,1-3H3,(H,10,11,12,13). The molecule has 0 amide bonds. The lowest BCUT2D eigenvalue weighted by molar-refractivity contribution is 0.890. The number of aromatic nitrogens is 3. The van der Waals surface area contributed by atoms with E-state index in [1.54, 1.807) is 18.8 Å². The molecule has 0 bridgehead atoms. The van der Waals surface area contributed by atoms with E-state index in [0.717, 1.165) is 12.3 Å². The van der Waals surface area contributed by atoms with E-state index in [4.69, 9.17) is 11.6 Å². The van der Waals surface area contributed by atoms with Gasteiger partial charge in [-0.05, 0) is 17.9 Å². The monoisotopic (exact) mass is 247 g/mol. The summed E-state index contributed by atoms with van der Waals surface area (Å²) in [5, 5.41) is 3.05. The largest absolute Gasteiger partial charge is 0.357 e.